The van der Waals surface area contributed by atoms with Crippen LogP contribution in [0.15, 0.2) is 24.3 Å². The fraction of sp³-hybridized carbons (Fsp3) is 0.918. The Hall–Kier alpha value is -1.02. The van der Waals surface area contributed by atoms with Gasteiger partial charge in [-0.15, -0.1) is 0 Å². The van der Waals surface area contributed by atoms with E-state index in [1.807, 2.05) is 27.2 Å². The van der Waals surface area contributed by atoms with Crippen molar-refractivity contribution in [3.63, 3.8) is 0 Å². The van der Waals surface area contributed by atoms with Crippen LogP contribution in [0.5, 0.6) is 0 Å². The number of carbonyl (C=O) groups is 1. The molecule has 3 atom stereocenters. The summed E-state index contributed by atoms with van der Waals surface area (Å²) in [4.78, 5) is 25.3. The maximum atomic E-state index is 12.9. The van der Waals surface area contributed by atoms with Crippen LogP contribution >= 0.6 is 7.82 Å². The Morgan fingerprint density at radius 1 is 0.486 bits per heavy atom. The van der Waals surface area contributed by atoms with E-state index in [4.69, 9.17) is 9.05 Å². The average Bonchev–Trinajstić information content (AvgIpc) is 3.32. The molecule has 2 N–H and O–H groups in total. The van der Waals surface area contributed by atoms with Gasteiger partial charge < -0.3 is 28.8 Å². The number of unbranched alkanes of at least 4 members (excludes halogenated alkanes) is 42. The number of amides is 1. The number of nitrogens with one attached hydrogen (secondary N) is 1. The van der Waals surface area contributed by atoms with Crippen molar-refractivity contribution in [3.8, 4) is 0 Å². The van der Waals surface area contributed by atoms with E-state index >= 15 is 0 Å². The summed E-state index contributed by atoms with van der Waals surface area (Å²) in [7, 11) is 1.25. The predicted octanol–water partition coefficient (Wildman–Crippen LogP) is 18.1. The number of aliphatic hydroxyl groups excluding tert-OH is 1. The first-order valence-electron chi connectivity index (χ1n) is 30.7. The third-order valence-electron chi connectivity index (χ3n) is 14.2. The highest BCUT2D eigenvalue weighted by atomic mass is 31.2. The maximum absolute atomic E-state index is 12.9. The molecule has 1 amide bonds. The van der Waals surface area contributed by atoms with Gasteiger partial charge in [0.1, 0.15) is 13.2 Å². The van der Waals surface area contributed by atoms with Crippen molar-refractivity contribution in [1.82, 2.24) is 5.32 Å². The molecule has 0 radical (unpaired) electrons. The Balaban J connectivity index is 3.75. The second-order valence-corrected chi connectivity index (χ2v) is 23.8. The molecular formula is C61H121N2O6P. The van der Waals surface area contributed by atoms with Crippen LogP contribution in [0.2, 0.25) is 0 Å². The highest BCUT2D eigenvalue weighted by molar-refractivity contribution is 7.45. The zero-order chi connectivity index (χ0) is 51.3. The van der Waals surface area contributed by atoms with E-state index in [-0.39, 0.29) is 19.1 Å². The van der Waals surface area contributed by atoms with Gasteiger partial charge in [0.15, 0.2) is 0 Å². The standard InChI is InChI=1S/C61H121N2O6P/c1-6-8-10-12-14-16-17-18-19-20-21-22-23-24-25-26-27-28-29-30-31-32-33-34-35-36-37-38-39-40-41-42-43-44-45-47-49-51-53-55-61(65)62-59(58-69-70(66,67)68-57-56-63(3,4)5)60(64)54-52-50-48-46-15-13-11-9-7-2/h15,46,52,54,59-60,64H,6-14,16-45,47-51,53,55-58H2,1-5H3,(H-,62,65,66,67)/b46-15+,54-52+. The normalized spacial score (nSPS) is 14.0. The Labute approximate surface area is 436 Å². The number of allylic oxidation sites excluding steroid dienone is 3. The molecule has 0 aromatic rings. The van der Waals surface area contributed by atoms with Crippen LogP contribution in [0.1, 0.15) is 309 Å². The lowest BCUT2D eigenvalue weighted by Gasteiger charge is -2.29. The van der Waals surface area contributed by atoms with Crippen LogP contribution < -0.4 is 10.2 Å². The van der Waals surface area contributed by atoms with E-state index in [9.17, 15) is 19.4 Å². The minimum Gasteiger partial charge on any atom is -0.756 e. The number of nitrogens with zero attached hydrogens (tertiary/aromatic N) is 1. The second-order valence-electron chi connectivity index (χ2n) is 22.4. The zero-order valence-electron chi connectivity index (χ0n) is 47.5. The van der Waals surface area contributed by atoms with Crippen LogP contribution in [0, 0.1) is 0 Å². The number of phosphoric ester groups is 1. The van der Waals surface area contributed by atoms with Crippen LogP contribution in [-0.4, -0.2) is 68.5 Å². The third-order valence-corrected chi connectivity index (χ3v) is 15.1. The largest absolute Gasteiger partial charge is 0.756 e. The molecule has 70 heavy (non-hydrogen) atoms. The fourth-order valence-electron chi connectivity index (χ4n) is 9.35. The van der Waals surface area contributed by atoms with Crippen molar-refractivity contribution in [1.29, 1.82) is 0 Å². The lowest BCUT2D eigenvalue weighted by Crippen LogP contribution is -2.45. The smallest absolute Gasteiger partial charge is 0.268 e. The molecule has 0 saturated carbocycles. The van der Waals surface area contributed by atoms with Crippen LogP contribution in [0.3, 0.4) is 0 Å². The van der Waals surface area contributed by atoms with Gasteiger partial charge in [-0.05, 0) is 32.1 Å². The Morgan fingerprint density at radius 2 is 0.800 bits per heavy atom. The summed E-state index contributed by atoms with van der Waals surface area (Å²) in [5, 5.41) is 13.7. The summed E-state index contributed by atoms with van der Waals surface area (Å²) in [6, 6.07) is -0.898. The van der Waals surface area contributed by atoms with Gasteiger partial charge in [-0.3, -0.25) is 9.36 Å². The van der Waals surface area contributed by atoms with Gasteiger partial charge in [0.2, 0.25) is 5.91 Å². The molecule has 0 aromatic heterocycles. The van der Waals surface area contributed by atoms with E-state index in [1.54, 1.807) is 6.08 Å². The topological polar surface area (TPSA) is 108 Å². The number of carbonyl (C=O) groups excluding carboxylic acids is 1. The maximum Gasteiger partial charge on any atom is 0.268 e. The molecule has 0 aromatic carbocycles. The van der Waals surface area contributed by atoms with Crippen molar-refractivity contribution in [3.05, 3.63) is 24.3 Å². The van der Waals surface area contributed by atoms with Crippen molar-refractivity contribution in [2.24, 2.45) is 0 Å². The van der Waals surface area contributed by atoms with Gasteiger partial charge in [0.05, 0.1) is 39.9 Å². The van der Waals surface area contributed by atoms with Gasteiger partial charge in [-0.1, -0.05) is 295 Å². The summed E-state index contributed by atoms with van der Waals surface area (Å²) >= 11 is 0. The monoisotopic (exact) mass is 1010 g/mol. The van der Waals surface area contributed by atoms with Crippen molar-refractivity contribution < 1.29 is 32.9 Å². The van der Waals surface area contributed by atoms with E-state index in [1.165, 1.54) is 250 Å². The molecule has 0 rings (SSSR count). The third kappa shape index (κ3) is 54.7. The van der Waals surface area contributed by atoms with Crippen LogP contribution in [0.4, 0.5) is 0 Å². The van der Waals surface area contributed by atoms with Gasteiger partial charge in [-0.2, -0.15) is 0 Å². The first kappa shape index (κ1) is 69.0. The van der Waals surface area contributed by atoms with Crippen LogP contribution in [-0.2, 0) is 18.4 Å². The van der Waals surface area contributed by atoms with E-state index in [2.05, 4.69) is 31.3 Å². The Kier molecular flexibility index (Phi) is 52.1. The Bertz CT molecular complexity index is 1190. The summed E-state index contributed by atoms with van der Waals surface area (Å²) in [6.45, 7) is 4.60. The summed E-state index contributed by atoms with van der Waals surface area (Å²) < 4.78 is 23.2. The number of hydrogen-bond acceptors (Lipinski definition) is 6. The molecular weight excluding hydrogens is 888 g/mol. The number of quaternary nitrogens is 1. The molecule has 9 heteroatoms. The molecule has 0 spiro atoms. The van der Waals surface area contributed by atoms with Crippen LogP contribution in [0.25, 0.3) is 0 Å². The SMILES string of the molecule is CCCCC/C=C/CC/C=C/C(O)C(COP(=O)([O-])OCC[N+](C)(C)C)NC(=O)CCCCCCCCCCCCCCCCCCCCCCCCCCCCCCCCCCCCCCCCC. The summed E-state index contributed by atoms with van der Waals surface area (Å²) in [6.07, 6.45) is 67.6. The van der Waals surface area contributed by atoms with Gasteiger partial charge >= 0.3 is 0 Å². The first-order chi connectivity index (χ1) is 34.0. The van der Waals surface area contributed by atoms with Crippen molar-refractivity contribution >= 4 is 13.7 Å². The molecule has 0 fully saturated rings. The van der Waals surface area contributed by atoms with Crippen molar-refractivity contribution in [2.45, 2.75) is 321 Å². The highest BCUT2D eigenvalue weighted by Gasteiger charge is 2.23. The minimum absolute atomic E-state index is 0.00445. The average molecular weight is 1010 g/mol. The van der Waals surface area contributed by atoms with Crippen molar-refractivity contribution in [2.75, 3.05) is 40.9 Å². The first-order valence-corrected chi connectivity index (χ1v) is 32.2. The van der Waals surface area contributed by atoms with E-state index in [0.29, 0.717) is 17.4 Å². The van der Waals surface area contributed by atoms with E-state index in [0.717, 1.165) is 38.5 Å². The molecule has 8 nitrogen and oxygen atoms in total. The Morgan fingerprint density at radius 3 is 1.16 bits per heavy atom. The quantitative estimate of drug-likeness (QED) is 0.0272. The number of hydrogen-bond donors (Lipinski definition) is 2. The molecule has 3 unspecified atom stereocenters. The highest BCUT2D eigenvalue weighted by Crippen LogP contribution is 2.38. The number of rotatable bonds is 57. The van der Waals surface area contributed by atoms with Gasteiger partial charge in [0.25, 0.3) is 7.82 Å². The summed E-state index contributed by atoms with van der Waals surface area (Å²) in [5.74, 6) is -0.204. The lowest BCUT2D eigenvalue weighted by molar-refractivity contribution is -0.870. The minimum atomic E-state index is -4.59. The lowest BCUT2D eigenvalue weighted by atomic mass is 10.0. The molecule has 0 aliphatic rings. The molecule has 416 valence electrons. The molecule has 0 saturated heterocycles. The summed E-state index contributed by atoms with van der Waals surface area (Å²) in [5.41, 5.74) is 0. The number of aliphatic hydroxyl groups is 1. The zero-order valence-corrected chi connectivity index (χ0v) is 48.4. The molecule has 0 bridgehead atoms. The number of phosphoric acid groups is 1. The van der Waals surface area contributed by atoms with Gasteiger partial charge in [0, 0.05) is 6.42 Å². The second kappa shape index (κ2) is 52.8. The molecule has 0 aliphatic heterocycles. The van der Waals surface area contributed by atoms with E-state index < -0.39 is 20.0 Å². The molecule has 0 heterocycles. The predicted molar refractivity (Wildman–Crippen MR) is 302 cm³/mol. The molecule has 0 aliphatic carbocycles. The van der Waals surface area contributed by atoms with Gasteiger partial charge in [-0.25, -0.2) is 0 Å². The number of likely N-dealkylation sites (N-methyl/N-ethyl adjacent to an activating group) is 1. The fourth-order valence-corrected chi connectivity index (χ4v) is 10.1.